The zero-order valence-electron chi connectivity index (χ0n) is 20.4. The van der Waals surface area contributed by atoms with Crippen molar-refractivity contribution in [2.24, 2.45) is 29.2 Å². The number of carbonyl (C=O) groups is 3. The second kappa shape index (κ2) is 12.9. The molecule has 0 bridgehead atoms. The maximum absolute atomic E-state index is 13.3. The van der Waals surface area contributed by atoms with Crippen LogP contribution in [0.1, 0.15) is 67.7 Å². The van der Waals surface area contributed by atoms with Crippen molar-refractivity contribution >= 4 is 17.7 Å². The summed E-state index contributed by atoms with van der Waals surface area (Å²) in [6.07, 6.45) is 1.25. The number of hydrogen-bond donors (Lipinski definition) is 3. The van der Waals surface area contributed by atoms with E-state index in [2.05, 4.69) is 5.32 Å². The lowest BCUT2D eigenvalue weighted by molar-refractivity contribution is -0.147. The number of rotatable bonds is 13. The summed E-state index contributed by atoms with van der Waals surface area (Å²) in [5, 5.41) is 3.16. The highest BCUT2D eigenvalue weighted by molar-refractivity contribution is 5.89. The zero-order chi connectivity index (χ0) is 23.8. The Kier molecular flexibility index (Phi) is 12.2. The van der Waals surface area contributed by atoms with Crippen molar-refractivity contribution < 1.29 is 14.4 Å². The maximum atomic E-state index is 13.3. The van der Waals surface area contributed by atoms with Crippen molar-refractivity contribution in [3.05, 3.63) is 0 Å². The third kappa shape index (κ3) is 9.43. The molecule has 0 aromatic heterocycles. The minimum atomic E-state index is -0.636. The van der Waals surface area contributed by atoms with Crippen LogP contribution >= 0.6 is 0 Å². The highest BCUT2D eigenvalue weighted by Crippen LogP contribution is 2.17. The average Bonchev–Trinajstić information content (AvgIpc) is 2.61. The fourth-order valence-corrected chi connectivity index (χ4v) is 3.46. The van der Waals surface area contributed by atoms with Gasteiger partial charge in [-0.05, 0) is 43.9 Å². The number of nitrogens with zero attached hydrogens (tertiary/aromatic N) is 2. The van der Waals surface area contributed by atoms with Gasteiger partial charge in [-0.2, -0.15) is 0 Å². The molecule has 8 nitrogen and oxygen atoms in total. The molecule has 30 heavy (non-hydrogen) atoms. The van der Waals surface area contributed by atoms with Crippen LogP contribution in [0.4, 0.5) is 0 Å². The van der Waals surface area contributed by atoms with E-state index in [1.54, 1.807) is 19.0 Å². The van der Waals surface area contributed by atoms with Crippen LogP contribution in [0.15, 0.2) is 0 Å². The quantitative estimate of drug-likeness (QED) is 0.385. The second-order valence-corrected chi connectivity index (χ2v) is 9.71. The van der Waals surface area contributed by atoms with Crippen LogP contribution in [-0.4, -0.2) is 65.9 Å². The maximum Gasteiger partial charge on any atom is 0.246 e. The van der Waals surface area contributed by atoms with Crippen molar-refractivity contribution in [3.63, 3.8) is 0 Å². The fourth-order valence-electron chi connectivity index (χ4n) is 3.46. The summed E-state index contributed by atoms with van der Waals surface area (Å²) in [6, 6.07) is -1.79. The molecule has 3 amide bonds. The van der Waals surface area contributed by atoms with Crippen LogP contribution in [0, 0.1) is 17.8 Å². The van der Waals surface area contributed by atoms with Crippen LogP contribution in [0.2, 0.25) is 0 Å². The van der Waals surface area contributed by atoms with E-state index < -0.39 is 30.2 Å². The Morgan fingerprint density at radius 1 is 0.767 bits per heavy atom. The SMILES string of the molecule is CC(C)C[C@H](N[C@H](C)N(C)C(=O)[C@H](CC(C)C)N(C)C(=O)[C@@H](N)CC(C)C)C(N)=O. The smallest absolute Gasteiger partial charge is 0.246 e. The molecule has 0 aromatic carbocycles. The van der Waals surface area contributed by atoms with E-state index in [1.807, 2.05) is 48.5 Å². The van der Waals surface area contributed by atoms with Crippen molar-refractivity contribution in [1.29, 1.82) is 0 Å². The Hall–Kier alpha value is -1.67. The molecule has 5 N–H and O–H groups in total. The van der Waals surface area contributed by atoms with Gasteiger partial charge in [0.25, 0.3) is 0 Å². The summed E-state index contributed by atoms with van der Waals surface area (Å²) < 4.78 is 0. The predicted octanol–water partition coefficient (Wildman–Crippen LogP) is 1.53. The summed E-state index contributed by atoms with van der Waals surface area (Å²) in [5.41, 5.74) is 11.6. The molecule has 0 unspecified atom stereocenters. The second-order valence-electron chi connectivity index (χ2n) is 9.71. The third-order valence-electron chi connectivity index (χ3n) is 5.26. The number of carbonyl (C=O) groups excluding carboxylic acids is 3. The van der Waals surface area contributed by atoms with E-state index in [9.17, 15) is 14.4 Å². The molecule has 0 radical (unpaired) electrons. The van der Waals surface area contributed by atoms with Gasteiger partial charge in [-0.25, -0.2) is 0 Å². The first-order chi connectivity index (χ1) is 13.7. The van der Waals surface area contributed by atoms with Gasteiger partial charge in [0.05, 0.1) is 18.2 Å². The van der Waals surface area contributed by atoms with Crippen LogP contribution in [0.25, 0.3) is 0 Å². The Bertz CT molecular complexity index is 565. The molecule has 0 aliphatic rings. The summed E-state index contributed by atoms with van der Waals surface area (Å²) in [6.45, 7) is 13.9. The molecular formula is C22H45N5O3. The Morgan fingerprint density at radius 3 is 1.63 bits per heavy atom. The molecule has 0 aliphatic heterocycles. The lowest BCUT2D eigenvalue weighted by Crippen LogP contribution is -2.58. The largest absolute Gasteiger partial charge is 0.368 e. The van der Waals surface area contributed by atoms with Gasteiger partial charge in [0.2, 0.25) is 17.7 Å². The Labute approximate surface area is 183 Å². The number of hydrogen-bond acceptors (Lipinski definition) is 5. The van der Waals surface area contributed by atoms with Gasteiger partial charge in [0.15, 0.2) is 0 Å². The standard InChI is InChI=1S/C22H45N5O3/c1-13(2)10-17(23)21(29)27(9)19(12-15(5)6)22(30)26(8)16(7)25-18(20(24)28)11-14(3)4/h13-19,25H,10-12,23H2,1-9H3,(H2,24,28)/t16-,17-,18-,19-/m0/s1. The first-order valence-electron chi connectivity index (χ1n) is 11.0. The Balaban J connectivity index is 5.44. The van der Waals surface area contributed by atoms with E-state index >= 15 is 0 Å². The van der Waals surface area contributed by atoms with Gasteiger partial charge < -0.3 is 21.3 Å². The topological polar surface area (TPSA) is 122 Å². The summed E-state index contributed by atoms with van der Waals surface area (Å²) in [7, 11) is 3.32. The molecule has 0 spiro atoms. The number of nitrogens with one attached hydrogen (secondary N) is 1. The van der Waals surface area contributed by atoms with E-state index in [0.717, 1.165) is 0 Å². The van der Waals surface area contributed by atoms with E-state index in [-0.39, 0.29) is 29.6 Å². The lowest BCUT2D eigenvalue weighted by Gasteiger charge is -2.36. The molecule has 4 atom stereocenters. The van der Waals surface area contributed by atoms with E-state index in [4.69, 9.17) is 11.5 Å². The predicted molar refractivity (Wildman–Crippen MR) is 121 cm³/mol. The first kappa shape index (κ1) is 28.3. The summed E-state index contributed by atoms with van der Waals surface area (Å²) in [4.78, 5) is 41.0. The van der Waals surface area contributed by atoms with Gasteiger partial charge in [0, 0.05) is 14.1 Å². The van der Waals surface area contributed by atoms with Gasteiger partial charge in [0.1, 0.15) is 6.04 Å². The van der Waals surface area contributed by atoms with Gasteiger partial charge >= 0.3 is 0 Å². The molecule has 8 heteroatoms. The van der Waals surface area contributed by atoms with Gasteiger partial charge in [-0.15, -0.1) is 0 Å². The molecule has 0 rings (SSSR count). The number of nitrogens with two attached hydrogens (primary N) is 2. The monoisotopic (exact) mass is 427 g/mol. The van der Waals surface area contributed by atoms with E-state index in [1.165, 1.54) is 4.90 Å². The molecule has 176 valence electrons. The molecule has 0 aliphatic carbocycles. The molecule has 0 saturated heterocycles. The molecule has 0 heterocycles. The average molecular weight is 428 g/mol. The van der Waals surface area contributed by atoms with Crippen molar-refractivity contribution in [2.45, 2.75) is 92.0 Å². The van der Waals surface area contributed by atoms with Crippen LogP contribution in [0.5, 0.6) is 0 Å². The fraction of sp³-hybridized carbons (Fsp3) is 0.864. The van der Waals surface area contributed by atoms with Crippen LogP contribution < -0.4 is 16.8 Å². The lowest BCUT2D eigenvalue weighted by atomic mass is 9.98. The highest BCUT2D eigenvalue weighted by Gasteiger charge is 2.34. The van der Waals surface area contributed by atoms with Crippen LogP contribution in [-0.2, 0) is 14.4 Å². The summed E-state index contributed by atoms with van der Waals surface area (Å²) >= 11 is 0. The van der Waals surface area contributed by atoms with Gasteiger partial charge in [-0.3, -0.25) is 19.7 Å². The highest BCUT2D eigenvalue weighted by atomic mass is 16.2. The van der Waals surface area contributed by atoms with E-state index in [0.29, 0.717) is 19.3 Å². The van der Waals surface area contributed by atoms with Gasteiger partial charge in [-0.1, -0.05) is 41.5 Å². The number of primary amides is 1. The van der Waals surface area contributed by atoms with Crippen molar-refractivity contribution in [2.75, 3.05) is 14.1 Å². The normalized spacial score (nSPS) is 15.8. The zero-order valence-corrected chi connectivity index (χ0v) is 20.4. The van der Waals surface area contributed by atoms with Crippen molar-refractivity contribution in [3.8, 4) is 0 Å². The van der Waals surface area contributed by atoms with Crippen molar-refractivity contribution in [1.82, 2.24) is 15.1 Å². The molecular weight excluding hydrogens is 382 g/mol. The molecule has 0 aromatic rings. The minimum absolute atomic E-state index is 0.191. The number of likely N-dealkylation sites (N-methyl/N-ethyl adjacent to an activating group) is 2. The number of amides is 3. The summed E-state index contributed by atoms with van der Waals surface area (Å²) in [5.74, 6) is -0.0811. The Morgan fingerprint density at radius 2 is 1.23 bits per heavy atom. The molecule has 0 saturated carbocycles. The minimum Gasteiger partial charge on any atom is -0.368 e. The first-order valence-corrected chi connectivity index (χ1v) is 11.0. The van der Waals surface area contributed by atoms with Crippen LogP contribution in [0.3, 0.4) is 0 Å². The third-order valence-corrected chi connectivity index (χ3v) is 5.26. The molecule has 0 fully saturated rings.